The highest BCUT2D eigenvalue weighted by atomic mass is 32.2. The Morgan fingerprint density at radius 1 is 1.22 bits per heavy atom. The van der Waals surface area contributed by atoms with Crippen LogP contribution in [-0.2, 0) is 14.4 Å². The summed E-state index contributed by atoms with van der Waals surface area (Å²) in [7, 11) is 0. The van der Waals surface area contributed by atoms with Crippen molar-refractivity contribution in [3.05, 3.63) is 24.3 Å². The zero-order chi connectivity index (χ0) is 13.5. The second-order valence-corrected chi connectivity index (χ2v) is 4.50. The van der Waals surface area contributed by atoms with Gasteiger partial charge in [0.2, 0.25) is 5.91 Å². The highest BCUT2D eigenvalue weighted by Crippen LogP contribution is 2.21. The minimum absolute atomic E-state index is 0.0879. The first-order valence-electron chi connectivity index (χ1n) is 5.04. The Morgan fingerprint density at radius 3 is 2.39 bits per heavy atom. The predicted molar refractivity (Wildman–Crippen MR) is 65.8 cm³/mol. The van der Waals surface area contributed by atoms with E-state index < -0.39 is 17.7 Å². The second-order valence-electron chi connectivity index (χ2n) is 3.33. The smallest absolute Gasteiger partial charge is 0.315 e. The summed E-state index contributed by atoms with van der Waals surface area (Å²) >= 11 is 1.39. The Hall–Kier alpha value is -2.02. The third kappa shape index (κ3) is 4.88. The molecule has 0 saturated heterocycles. The number of phenols is 1. The van der Waals surface area contributed by atoms with Gasteiger partial charge in [-0.2, -0.15) is 0 Å². The van der Waals surface area contributed by atoms with Gasteiger partial charge in [-0.05, 0) is 24.3 Å². The van der Waals surface area contributed by atoms with E-state index in [1.807, 2.05) is 5.32 Å². The summed E-state index contributed by atoms with van der Waals surface area (Å²) in [5, 5.41) is 10.9. The van der Waals surface area contributed by atoms with Gasteiger partial charge in [0.05, 0.1) is 0 Å². The van der Waals surface area contributed by atoms with Crippen molar-refractivity contribution in [2.75, 3.05) is 5.75 Å². The molecule has 0 heterocycles. The van der Waals surface area contributed by atoms with E-state index in [9.17, 15) is 14.4 Å². The quantitative estimate of drug-likeness (QED) is 0.526. The monoisotopic (exact) mass is 268 g/mol. The van der Waals surface area contributed by atoms with Crippen LogP contribution in [0.2, 0.25) is 0 Å². The van der Waals surface area contributed by atoms with E-state index in [1.165, 1.54) is 11.8 Å². The van der Waals surface area contributed by atoms with Crippen molar-refractivity contribution >= 4 is 29.5 Å². The lowest BCUT2D eigenvalue weighted by atomic mass is 10.3. The normalized spacial score (nSPS) is 9.78. The maximum Gasteiger partial charge on any atom is 0.315 e. The number of benzene rings is 1. The van der Waals surface area contributed by atoms with Gasteiger partial charge in [0, 0.05) is 17.1 Å². The third-order valence-corrected chi connectivity index (χ3v) is 2.93. The summed E-state index contributed by atoms with van der Waals surface area (Å²) < 4.78 is 0. The third-order valence-electron chi connectivity index (χ3n) is 1.91. The molecule has 0 atom stereocenters. The van der Waals surface area contributed by atoms with Crippen molar-refractivity contribution in [2.45, 2.75) is 11.3 Å². The first kappa shape index (κ1) is 14.0. The minimum Gasteiger partial charge on any atom is -0.508 e. The van der Waals surface area contributed by atoms with Gasteiger partial charge < -0.3 is 10.8 Å². The molecule has 0 unspecified atom stereocenters. The average molecular weight is 268 g/mol. The Labute approximate surface area is 108 Å². The largest absolute Gasteiger partial charge is 0.508 e. The van der Waals surface area contributed by atoms with E-state index >= 15 is 0 Å². The number of carbonyl (C=O) groups is 3. The Kier molecular flexibility index (Phi) is 5.19. The van der Waals surface area contributed by atoms with Crippen LogP contribution in [0.4, 0.5) is 0 Å². The lowest BCUT2D eigenvalue weighted by Crippen LogP contribution is -2.39. The van der Waals surface area contributed by atoms with Crippen molar-refractivity contribution in [1.29, 1.82) is 0 Å². The number of rotatable bonds is 4. The number of hydrogen-bond acceptors (Lipinski definition) is 5. The summed E-state index contributed by atoms with van der Waals surface area (Å²) in [5.41, 5.74) is 4.69. The molecule has 0 aliphatic carbocycles. The van der Waals surface area contributed by atoms with Crippen LogP contribution in [0, 0.1) is 0 Å². The molecule has 1 aromatic carbocycles. The van der Waals surface area contributed by atoms with Crippen LogP contribution < -0.4 is 11.1 Å². The highest BCUT2D eigenvalue weighted by molar-refractivity contribution is 7.99. The van der Waals surface area contributed by atoms with E-state index in [0.717, 1.165) is 4.90 Å². The van der Waals surface area contributed by atoms with Crippen LogP contribution in [0.3, 0.4) is 0 Å². The number of primary amides is 1. The van der Waals surface area contributed by atoms with E-state index in [0.29, 0.717) is 5.75 Å². The van der Waals surface area contributed by atoms with Crippen LogP contribution in [-0.4, -0.2) is 28.6 Å². The number of carbonyl (C=O) groups excluding carboxylic acids is 3. The molecule has 0 aliphatic rings. The van der Waals surface area contributed by atoms with Crippen LogP contribution in [0.25, 0.3) is 0 Å². The number of imide groups is 1. The number of amides is 3. The molecule has 0 aromatic heterocycles. The lowest BCUT2D eigenvalue weighted by Gasteiger charge is -2.02. The maximum atomic E-state index is 11.2. The molecule has 3 amide bonds. The van der Waals surface area contributed by atoms with Gasteiger partial charge in [-0.1, -0.05) is 0 Å². The summed E-state index contributed by atoms with van der Waals surface area (Å²) in [6, 6.07) is 6.51. The molecule has 1 rings (SSSR count). The molecular weight excluding hydrogens is 256 g/mol. The molecule has 0 aliphatic heterocycles. The van der Waals surface area contributed by atoms with E-state index in [4.69, 9.17) is 5.11 Å². The van der Waals surface area contributed by atoms with Crippen molar-refractivity contribution in [3.8, 4) is 5.75 Å². The van der Waals surface area contributed by atoms with Gasteiger partial charge in [-0.25, -0.2) is 0 Å². The van der Waals surface area contributed by atoms with Gasteiger partial charge in [-0.3, -0.25) is 19.7 Å². The molecule has 0 radical (unpaired) electrons. The fourth-order valence-electron chi connectivity index (χ4n) is 1.05. The van der Waals surface area contributed by atoms with E-state index in [2.05, 4.69) is 5.73 Å². The maximum absolute atomic E-state index is 11.2. The molecule has 6 nitrogen and oxygen atoms in total. The number of hydrogen-bond donors (Lipinski definition) is 3. The molecule has 0 saturated carbocycles. The number of phenolic OH excluding ortho intramolecular Hbond substituents is 1. The number of aromatic hydroxyl groups is 1. The summed E-state index contributed by atoms with van der Waals surface area (Å²) in [5.74, 6) is -2.22. The SMILES string of the molecule is NC(=O)C(=O)NC(=O)CCSc1ccc(O)cc1. The van der Waals surface area contributed by atoms with E-state index in [1.54, 1.807) is 24.3 Å². The highest BCUT2D eigenvalue weighted by Gasteiger charge is 2.12. The average Bonchev–Trinajstić information content (AvgIpc) is 2.31. The van der Waals surface area contributed by atoms with Crippen LogP contribution >= 0.6 is 11.8 Å². The van der Waals surface area contributed by atoms with Crippen LogP contribution in [0.1, 0.15) is 6.42 Å². The predicted octanol–water partition coefficient (Wildman–Crippen LogP) is 0.00250. The first-order valence-corrected chi connectivity index (χ1v) is 6.03. The van der Waals surface area contributed by atoms with Gasteiger partial charge in [0.25, 0.3) is 0 Å². The molecule has 96 valence electrons. The Bertz CT molecular complexity index is 459. The molecule has 0 spiro atoms. The summed E-state index contributed by atoms with van der Waals surface area (Å²) in [6.45, 7) is 0. The van der Waals surface area contributed by atoms with E-state index in [-0.39, 0.29) is 12.2 Å². The van der Waals surface area contributed by atoms with Gasteiger partial charge in [0.1, 0.15) is 5.75 Å². The van der Waals surface area contributed by atoms with Gasteiger partial charge in [0.15, 0.2) is 0 Å². The fourth-order valence-corrected chi connectivity index (χ4v) is 1.91. The molecule has 7 heteroatoms. The van der Waals surface area contributed by atoms with Crippen molar-refractivity contribution in [2.24, 2.45) is 5.73 Å². The molecule has 18 heavy (non-hydrogen) atoms. The van der Waals surface area contributed by atoms with Crippen molar-refractivity contribution in [1.82, 2.24) is 5.32 Å². The zero-order valence-electron chi connectivity index (χ0n) is 9.38. The first-order chi connectivity index (χ1) is 8.49. The molecule has 0 fully saturated rings. The zero-order valence-corrected chi connectivity index (χ0v) is 10.2. The number of nitrogens with one attached hydrogen (secondary N) is 1. The lowest BCUT2D eigenvalue weighted by molar-refractivity contribution is -0.140. The van der Waals surface area contributed by atoms with Crippen LogP contribution in [0.5, 0.6) is 5.75 Å². The summed E-state index contributed by atoms with van der Waals surface area (Å²) in [6.07, 6.45) is 0.0879. The topological polar surface area (TPSA) is 109 Å². The number of thioether (sulfide) groups is 1. The van der Waals surface area contributed by atoms with Gasteiger partial charge >= 0.3 is 11.8 Å². The Morgan fingerprint density at radius 2 is 1.83 bits per heavy atom. The summed E-state index contributed by atoms with van der Waals surface area (Å²) in [4.78, 5) is 33.3. The van der Waals surface area contributed by atoms with Crippen molar-refractivity contribution in [3.63, 3.8) is 0 Å². The van der Waals surface area contributed by atoms with Gasteiger partial charge in [-0.15, -0.1) is 11.8 Å². The standard InChI is InChI=1S/C11H12N2O4S/c12-10(16)11(17)13-9(15)5-6-18-8-3-1-7(14)2-4-8/h1-4,14H,5-6H2,(H2,12,16)(H,13,15,17). The Balaban J connectivity index is 2.29. The molecule has 1 aromatic rings. The van der Waals surface area contributed by atoms with Crippen LogP contribution in [0.15, 0.2) is 29.2 Å². The van der Waals surface area contributed by atoms with Crippen molar-refractivity contribution < 1.29 is 19.5 Å². The second kappa shape index (κ2) is 6.65. The minimum atomic E-state index is -1.19. The molecule has 0 bridgehead atoms. The molecule has 4 N–H and O–H groups in total. The number of nitrogens with two attached hydrogens (primary N) is 1. The fraction of sp³-hybridized carbons (Fsp3) is 0.182. The molecular formula is C11H12N2O4S.